The molecule has 1 unspecified atom stereocenters. The van der Waals surface area contributed by atoms with Crippen molar-refractivity contribution in [1.29, 1.82) is 0 Å². The minimum Gasteiger partial charge on any atom is -0.490 e. The maximum absolute atomic E-state index is 13.7. The molecule has 1 aromatic rings. The van der Waals surface area contributed by atoms with Gasteiger partial charge in [0.1, 0.15) is 0 Å². The Morgan fingerprint density at radius 2 is 1.68 bits per heavy atom. The van der Waals surface area contributed by atoms with Gasteiger partial charge >= 0.3 is 0 Å². The van der Waals surface area contributed by atoms with Crippen LogP contribution in [0.25, 0.3) is 0 Å². The van der Waals surface area contributed by atoms with Crippen LogP contribution >= 0.6 is 0 Å². The summed E-state index contributed by atoms with van der Waals surface area (Å²) < 4.78 is 49.3. The lowest BCUT2D eigenvalue weighted by Gasteiger charge is -2.13. The summed E-state index contributed by atoms with van der Waals surface area (Å²) in [5, 5.41) is 0. The van der Waals surface area contributed by atoms with Crippen molar-refractivity contribution in [3.05, 3.63) is 23.8 Å². The first-order valence-corrected chi connectivity index (χ1v) is 6.39. The van der Waals surface area contributed by atoms with Gasteiger partial charge in [0.25, 0.3) is 0 Å². The number of benzene rings is 1. The van der Waals surface area contributed by atoms with Crippen LogP contribution in [0.4, 0.5) is 13.2 Å². The molecule has 0 fully saturated rings. The SMILES string of the molecule is CCC(C)COc1ccc(OCCCF)c(F)c1F. The van der Waals surface area contributed by atoms with E-state index in [2.05, 4.69) is 0 Å². The molecule has 0 aliphatic carbocycles. The Labute approximate surface area is 111 Å². The van der Waals surface area contributed by atoms with Gasteiger partial charge in [0, 0.05) is 6.42 Å². The first kappa shape index (κ1) is 15.7. The van der Waals surface area contributed by atoms with Gasteiger partial charge in [-0.15, -0.1) is 0 Å². The third-order valence-corrected chi connectivity index (χ3v) is 2.77. The molecule has 108 valence electrons. The van der Waals surface area contributed by atoms with E-state index in [0.717, 1.165) is 6.42 Å². The maximum Gasteiger partial charge on any atom is 0.204 e. The largest absolute Gasteiger partial charge is 0.490 e. The standard InChI is InChI=1S/C14H19F3O2/c1-3-10(2)9-19-12-6-5-11(13(16)14(12)17)18-8-4-7-15/h5-6,10H,3-4,7-9H2,1-2H3. The Morgan fingerprint density at radius 3 is 2.21 bits per heavy atom. The van der Waals surface area contributed by atoms with Crippen LogP contribution in [0.1, 0.15) is 26.7 Å². The van der Waals surface area contributed by atoms with E-state index in [1.807, 2.05) is 13.8 Å². The zero-order valence-corrected chi connectivity index (χ0v) is 11.2. The van der Waals surface area contributed by atoms with Gasteiger partial charge in [-0.3, -0.25) is 4.39 Å². The predicted molar refractivity (Wildman–Crippen MR) is 67.4 cm³/mol. The number of halogens is 3. The number of ether oxygens (including phenoxy) is 2. The quantitative estimate of drug-likeness (QED) is 0.665. The van der Waals surface area contributed by atoms with E-state index < -0.39 is 18.3 Å². The molecule has 0 amide bonds. The molecule has 0 bridgehead atoms. The van der Waals surface area contributed by atoms with Crippen LogP contribution in [0.15, 0.2) is 12.1 Å². The molecule has 0 saturated heterocycles. The molecule has 1 atom stereocenters. The van der Waals surface area contributed by atoms with Crippen LogP contribution in [0.5, 0.6) is 11.5 Å². The van der Waals surface area contributed by atoms with Crippen molar-refractivity contribution in [1.82, 2.24) is 0 Å². The van der Waals surface area contributed by atoms with Crippen molar-refractivity contribution in [2.24, 2.45) is 5.92 Å². The van der Waals surface area contributed by atoms with Gasteiger partial charge in [-0.25, -0.2) is 0 Å². The molecule has 0 heterocycles. The molecule has 1 aromatic carbocycles. The second-order valence-corrected chi connectivity index (χ2v) is 4.41. The fourth-order valence-corrected chi connectivity index (χ4v) is 1.32. The molecule has 0 aliphatic rings. The first-order valence-electron chi connectivity index (χ1n) is 6.39. The van der Waals surface area contributed by atoms with Crippen molar-refractivity contribution >= 4 is 0 Å². The molecule has 0 aromatic heterocycles. The molecular weight excluding hydrogens is 257 g/mol. The molecule has 0 radical (unpaired) electrons. The van der Waals surface area contributed by atoms with Crippen LogP contribution < -0.4 is 9.47 Å². The molecular formula is C14H19F3O2. The average molecular weight is 276 g/mol. The van der Waals surface area contributed by atoms with Crippen molar-refractivity contribution in [3.63, 3.8) is 0 Å². The van der Waals surface area contributed by atoms with Crippen LogP contribution in [0.3, 0.4) is 0 Å². The molecule has 1 rings (SSSR count). The van der Waals surface area contributed by atoms with Gasteiger partial charge in [-0.05, 0) is 18.1 Å². The van der Waals surface area contributed by atoms with E-state index in [1.54, 1.807) is 0 Å². The van der Waals surface area contributed by atoms with E-state index >= 15 is 0 Å². The lowest BCUT2D eigenvalue weighted by Crippen LogP contribution is -2.09. The fourth-order valence-electron chi connectivity index (χ4n) is 1.32. The Kier molecular flexibility index (Phi) is 6.53. The summed E-state index contributed by atoms with van der Waals surface area (Å²) >= 11 is 0. The monoisotopic (exact) mass is 276 g/mol. The van der Waals surface area contributed by atoms with Gasteiger partial charge in [0.05, 0.1) is 19.9 Å². The normalized spacial score (nSPS) is 12.3. The zero-order valence-electron chi connectivity index (χ0n) is 11.2. The average Bonchev–Trinajstić information content (AvgIpc) is 2.42. The molecule has 0 saturated carbocycles. The summed E-state index contributed by atoms with van der Waals surface area (Å²) in [6.07, 6.45) is 1.04. The minimum atomic E-state index is -1.10. The summed E-state index contributed by atoms with van der Waals surface area (Å²) in [5.74, 6) is -2.25. The number of hydrogen-bond donors (Lipinski definition) is 0. The van der Waals surface area contributed by atoms with Crippen molar-refractivity contribution in [3.8, 4) is 11.5 Å². The molecule has 0 spiro atoms. The highest BCUT2D eigenvalue weighted by Crippen LogP contribution is 2.28. The topological polar surface area (TPSA) is 18.5 Å². The van der Waals surface area contributed by atoms with Gasteiger partial charge in [-0.1, -0.05) is 20.3 Å². The molecule has 0 N–H and O–H groups in total. The summed E-state index contributed by atoms with van der Waals surface area (Å²) in [5.41, 5.74) is 0. The fraction of sp³-hybridized carbons (Fsp3) is 0.571. The van der Waals surface area contributed by atoms with Crippen molar-refractivity contribution in [2.45, 2.75) is 26.7 Å². The molecule has 19 heavy (non-hydrogen) atoms. The van der Waals surface area contributed by atoms with E-state index in [-0.39, 0.29) is 30.4 Å². The highest BCUT2D eigenvalue weighted by molar-refractivity contribution is 5.35. The summed E-state index contributed by atoms with van der Waals surface area (Å²) in [6, 6.07) is 2.62. The second-order valence-electron chi connectivity index (χ2n) is 4.41. The van der Waals surface area contributed by atoms with E-state index in [1.165, 1.54) is 12.1 Å². The predicted octanol–water partition coefficient (Wildman–Crippen LogP) is 4.13. The van der Waals surface area contributed by atoms with Gasteiger partial charge < -0.3 is 9.47 Å². The van der Waals surface area contributed by atoms with Crippen LogP contribution in [0.2, 0.25) is 0 Å². The van der Waals surface area contributed by atoms with Crippen LogP contribution in [-0.4, -0.2) is 19.9 Å². The molecule has 2 nitrogen and oxygen atoms in total. The summed E-state index contributed by atoms with van der Waals surface area (Å²) in [6.45, 7) is 3.74. The Morgan fingerprint density at radius 1 is 1.11 bits per heavy atom. The van der Waals surface area contributed by atoms with Crippen LogP contribution in [-0.2, 0) is 0 Å². The van der Waals surface area contributed by atoms with E-state index in [4.69, 9.17) is 9.47 Å². The Balaban J connectivity index is 2.68. The zero-order chi connectivity index (χ0) is 14.3. The summed E-state index contributed by atoms with van der Waals surface area (Å²) in [7, 11) is 0. The van der Waals surface area contributed by atoms with Crippen molar-refractivity contribution < 1.29 is 22.6 Å². The van der Waals surface area contributed by atoms with Gasteiger partial charge in [0.15, 0.2) is 11.5 Å². The number of hydrogen-bond acceptors (Lipinski definition) is 2. The maximum atomic E-state index is 13.7. The highest BCUT2D eigenvalue weighted by atomic mass is 19.2. The Hall–Kier alpha value is -1.39. The number of rotatable bonds is 8. The summed E-state index contributed by atoms with van der Waals surface area (Å²) in [4.78, 5) is 0. The lowest BCUT2D eigenvalue weighted by molar-refractivity contribution is 0.237. The first-order chi connectivity index (χ1) is 9.10. The minimum absolute atomic E-state index is 0.0138. The third-order valence-electron chi connectivity index (χ3n) is 2.77. The Bertz CT molecular complexity index is 397. The van der Waals surface area contributed by atoms with E-state index in [0.29, 0.717) is 6.61 Å². The van der Waals surface area contributed by atoms with E-state index in [9.17, 15) is 13.2 Å². The second kappa shape index (κ2) is 7.92. The smallest absolute Gasteiger partial charge is 0.204 e. The lowest BCUT2D eigenvalue weighted by atomic mass is 10.1. The molecule has 5 heteroatoms. The van der Waals surface area contributed by atoms with Gasteiger partial charge in [0.2, 0.25) is 11.6 Å². The third kappa shape index (κ3) is 4.65. The molecule has 0 aliphatic heterocycles. The highest BCUT2D eigenvalue weighted by Gasteiger charge is 2.16. The van der Waals surface area contributed by atoms with Crippen LogP contribution in [0, 0.1) is 17.6 Å². The number of alkyl halides is 1. The van der Waals surface area contributed by atoms with Gasteiger partial charge in [-0.2, -0.15) is 8.78 Å². The van der Waals surface area contributed by atoms with Crippen molar-refractivity contribution in [2.75, 3.05) is 19.9 Å².